The van der Waals surface area contributed by atoms with Crippen LogP contribution in [0.2, 0.25) is 0 Å². The van der Waals surface area contributed by atoms with Crippen LogP contribution < -0.4 is 5.43 Å². The van der Waals surface area contributed by atoms with E-state index >= 15 is 0 Å². The fourth-order valence-electron chi connectivity index (χ4n) is 2.55. The minimum absolute atomic E-state index is 0.0886. The first-order valence-electron chi connectivity index (χ1n) is 7.91. The number of hydrogen-bond acceptors (Lipinski definition) is 3. The maximum Gasteiger partial charge on any atom is 0.302 e. The highest BCUT2D eigenvalue weighted by Gasteiger charge is 2.01. The molecule has 1 aromatic heterocycles. The second-order valence-electron chi connectivity index (χ2n) is 5.56. The maximum absolute atomic E-state index is 12.0. The van der Waals surface area contributed by atoms with Gasteiger partial charge >= 0.3 is 5.97 Å². The third-order valence-electron chi connectivity index (χ3n) is 3.69. The number of aryl methyl sites for hydroxylation is 1. The molecule has 0 aliphatic carbocycles. The summed E-state index contributed by atoms with van der Waals surface area (Å²) in [6.45, 7) is 1.96. The summed E-state index contributed by atoms with van der Waals surface area (Å²) < 4.78 is 4.89. The van der Waals surface area contributed by atoms with Crippen LogP contribution in [-0.2, 0) is 16.0 Å². The molecule has 0 saturated carbocycles. The first-order valence-corrected chi connectivity index (χ1v) is 7.91. The quantitative estimate of drug-likeness (QED) is 0.599. The summed E-state index contributed by atoms with van der Waals surface area (Å²) in [5.74, 6) is -0.208. The molecule has 0 amide bonds. The number of carbonyl (C=O) groups excluding carboxylic acids is 1. The number of aromatic nitrogens is 1. The second-order valence-corrected chi connectivity index (χ2v) is 5.56. The molecule has 0 fully saturated rings. The van der Waals surface area contributed by atoms with Crippen molar-refractivity contribution in [2.24, 2.45) is 0 Å². The predicted octanol–water partition coefficient (Wildman–Crippen LogP) is 3.58. The predicted molar refractivity (Wildman–Crippen MR) is 88.0 cm³/mol. The molecule has 0 atom stereocenters. The minimum Gasteiger partial charge on any atom is -0.466 e. The average molecular weight is 301 g/mol. The Balaban J connectivity index is 1.71. The number of rotatable bonds is 8. The molecule has 0 bridgehead atoms. The van der Waals surface area contributed by atoms with Crippen LogP contribution in [0.5, 0.6) is 0 Å². The van der Waals surface area contributed by atoms with E-state index in [9.17, 15) is 9.59 Å². The molecule has 1 aromatic carbocycles. The fourth-order valence-corrected chi connectivity index (χ4v) is 2.55. The zero-order valence-corrected chi connectivity index (χ0v) is 13.1. The topological polar surface area (TPSA) is 59.2 Å². The standard InChI is InChI=1S/C18H23NO3/c1-14(20)22-12-8-4-2-3-5-9-15-13-18(21)16-10-6-7-11-17(16)19-15/h6-7,10-11,13H,2-5,8-9,12H2,1H3,(H,19,21). The highest BCUT2D eigenvalue weighted by molar-refractivity contribution is 5.78. The SMILES string of the molecule is CC(=O)OCCCCCCCc1cc(=O)c2ccccc2[nH]1. The van der Waals surface area contributed by atoms with Crippen molar-refractivity contribution in [2.45, 2.75) is 45.4 Å². The summed E-state index contributed by atoms with van der Waals surface area (Å²) in [6, 6.07) is 9.32. The van der Waals surface area contributed by atoms with Gasteiger partial charge in [0.15, 0.2) is 5.43 Å². The van der Waals surface area contributed by atoms with Gasteiger partial charge in [0.1, 0.15) is 0 Å². The summed E-state index contributed by atoms with van der Waals surface area (Å²) >= 11 is 0. The van der Waals surface area contributed by atoms with Crippen molar-refractivity contribution in [3.63, 3.8) is 0 Å². The van der Waals surface area contributed by atoms with E-state index in [4.69, 9.17) is 4.74 Å². The summed E-state index contributed by atoms with van der Waals surface area (Å²) in [5, 5.41) is 0.747. The molecule has 22 heavy (non-hydrogen) atoms. The first kappa shape index (κ1) is 16.3. The molecule has 2 aromatic rings. The summed E-state index contributed by atoms with van der Waals surface area (Å²) in [5.41, 5.74) is 2.00. The van der Waals surface area contributed by atoms with E-state index < -0.39 is 0 Å². The van der Waals surface area contributed by atoms with E-state index in [1.165, 1.54) is 6.92 Å². The van der Waals surface area contributed by atoms with Crippen molar-refractivity contribution in [1.29, 1.82) is 0 Å². The van der Waals surface area contributed by atoms with Crippen LogP contribution in [0.25, 0.3) is 10.9 Å². The number of hydrogen-bond donors (Lipinski definition) is 1. The van der Waals surface area contributed by atoms with Crippen molar-refractivity contribution in [2.75, 3.05) is 6.61 Å². The van der Waals surface area contributed by atoms with Gasteiger partial charge in [-0.3, -0.25) is 9.59 Å². The zero-order chi connectivity index (χ0) is 15.8. The van der Waals surface area contributed by atoms with Crippen LogP contribution in [0.1, 0.15) is 44.7 Å². The van der Waals surface area contributed by atoms with Gasteiger partial charge in [-0.25, -0.2) is 0 Å². The van der Waals surface area contributed by atoms with Gasteiger partial charge < -0.3 is 9.72 Å². The lowest BCUT2D eigenvalue weighted by atomic mass is 10.1. The summed E-state index contributed by atoms with van der Waals surface area (Å²) in [6.07, 6.45) is 6.19. The average Bonchev–Trinajstić information content (AvgIpc) is 2.50. The molecule has 1 N–H and O–H groups in total. The Morgan fingerprint density at radius 1 is 1.09 bits per heavy atom. The molecule has 0 radical (unpaired) electrons. The van der Waals surface area contributed by atoms with E-state index in [1.54, 1.807) is 6.07 Å². The minimum atomic E-state index is -0.208. The van der Waals surface area contributed by atoms with Gasteiger partial charge in [-0.1, -0.05) is 31.4 Å². The van der Waals surface area contributed by atoms with Crippen LogP contribution in [0, 0.1) is 0 Å². The Morgan fingerprint density at radius 2 is 1.82 bits per heavy atom. The molecule has 0 unspecified atom stereocenters. The molecule has 0 saturated heterocycles. The molecule has 4 nitrogen and oxygen atoms in total. The fraction of sp³-hybridized carbons (Fsp3) is 0.444. The smallest absolute Gasteiger partial charge is 0.302 e. The lowest BCUT2D eigenvalue weighted by Crippen LogP contribution is -2.05. The Kier molecular flexibility index (Phi) is 6.19. The van der Waals surface area contributed by atoms with E-state index in [1.807, 2.05) is 24.3 Å². The molecule has 4 heteroatoms. The number of pyridine rings is 1. The Bertz CT molecular complexity index is 675. The molecule has 0 spiro atoms. The van der Waals surface area contributed by atoms with Gasteiger partial charge in [-0.2, -0.15) is 0 Å². The highest BCUT2D eigenvalue weighted by atomic mass is 16.5. The molecular formula is C18H23NO3. The van der Waals surface area contributed by atoms with E-state index in [0.29, 0.717) is 6.61 Å². The van der Waals surface area contributed by atoms with Crippen molar-refractivity contribution in [3.8, 4) is 0 Å². The van der Waals surface area contributed by atoms with E-state index in [2.05, 4.69) is 4.98 Å². The lowest BCUT2D eigenvalue weighted by Gasteiger charge is -2.05. The number of esters is 1. The number of aromatic amines is 1. The van der Waals surface area contributed by atoms with Gasteiger partial charge in [0, 0.05) is 29.6 Å². The number of nitrogens with one attached hydrogen (secondary N) is 1. The molecule has 2 rings (SSSR count). The molecule has 1 heterocycles. The number of H-pyrrole nitrogens is 1. The third-order valence-corrected chi connectivity index (χ3v) is 3.69. The van der Waals surface area contributed by atoms with E-state index in [-0.39, 0.29) is 11.4 Å². The number of fused-ring (bicyclic) bond motifs is 1. The van der Waals surface area contributed by atoms with Gasteiger partial charge in [-0.05, 0) is 31.4 Å². The van der Waals surface area contributed by atoms with Gasteiger partial charge in [0.25, 0.3) is 0 Å². The van der Waals surface area contributed by atoms with Crippen LogP contribution in [-0.4, -0.2) is 17.6 Å². The number of unbranched alkanes of at least 4 members (excludes halogenated alkanes) is 4. The van der Waals surface area contributed by atoms with Crippen molar-refractivity contribution in [3.05, 3.63) is 46.2 Å². The lowest BCUT2D eigenvalue weighted by molar-refractivity contribution is -0.141. The number of para-hydroxylation sites is 1. The zero-order valence-electron chi connectivity index (χ0n) is 13.1. The Hall–Kier alpha value is -2.10. The summed E-state index contributed by atoms with van der Waals surface area (Å²) in [4.78, 5) is 25.9. The van der Waals surface area contributed by atoms with Crippen molar-refractivity contribution >= 4 is 16.9 Å². The van der Waals surface area contributed by atoms with Crippen LogP contribution in [0.4, 0.5) is 0 Å². The Labute approximate surface area is 130 Å². The Morgan fingerprint density at radius 3 is 2.64 bits per heavy atom. The van der Waals surface area contributed by atoms with Crippen molar-refractivity contribution < 1.29 is 9.53 Å². The molecule has 118 valence electrons. The monoisotopic (exact) mass is 301 g/mol. The summed E-state index contributed by atoms with van der Waals surface area (Å²) in [7, 11) is 0. The van der Waals surface area contributed by atoms with E-state index in [0.717, 1.165) is 55.1 Å². The molecular weight excluding hydrogens is 278 g/mol. The third kappa shape index (κ3) is 5.02. The number of carbonyl (C=O) groups is 1. The first-order chi connectivity index (χ1) is 10.7. The number of benzene rings is 1. The van der Waals surface area contributed by atoms with Crippen LogP contribution in [0.3, 0.4) is 0 Å². The second kappa shape index (κ2) is 8.37. The van der Waals surface area contributed by atoms with Gasteiger partial charge in [0.2, 0.25) is 0 Å². The molecule has 0 aliphatic heterocycles. The van der Waals surface area contributed by atoms with Crippen LogP contribution in [0.15, 0.2) is 35.1 Å². The van der Waals surface area contributed by atoms with Crippen LogP contribution >= 0.6 is 0 Å². The highest BCUT2D eigenvalue weighted by Crippen LogP contribution is 2.11. The molecule has 0 aliphatic rings. The van der Waals surface area contributed by atoms with Crippen molar-refractivity contribution in [1.82, 2.24) is 4.98 Å². The number of ether oxygens (including phenoxy) is 1. The van der Waals surface area contributed by atoms with Gasteiger partial charge in [0.05, 0.1) is 6.61 Å². The normalized spacial score (nSPS) is 10.8. The maximum atomic E-state index is 12.0. The van der Waals surface area contributed by atoms with Gasteiger partial charge in [-0.15, -0.1) is 0 Å². The largest absolute Gasteiger partial charge is 0.466 e.